The fourth-order valence-corrected chi connectivity index (χ4v) is 16.6. The van der Waals surface area contributed by atoms with Gasteiger partial charge in [0.1, 0.15) is 72.8 Å². The third-order valence-electron chi connectivity index (χ3n) is 23.1. The number of benzene rings is 2. The summed E-state index contributed by atoms with van der Waals surface area (Å²) in [6, 6.07) is 9.17. The Morgan fingerprint density at radius 2 is 0.884 bits per heavy atom. The van der Waals surface area contributed by atoms with E-state index < -0.39 is 375 Å². The van der Waals surface area contributed by atoms with Crippen molar-refractivity contribution in [2.45, 2.75) is 245 Å². The summed E-state index contributed by atoms with van der Waals surface area (Å²) in [5.41, 5.74) is 6.51. The van der Waals surface area contributed by atoms with Gasteiger partial charge in [-0.3, -0.25) is 81.9 Å². The lowest BCUT2D eigenvalue weighted by Crippen LogP contribution is -2.50. The molecule has 8 amide bonds. The minimum Gasteiger partial charge on any atom is -0.481 e. The van der Waals surface area contributed by atoms with Gasteiger partial charge in [0.15, 0.2) is 28.5 Å². The highest BCUT2D eigenvalue weighted by Crippen LogP contribution is 2.29. The van der Waals surface area contributed by atoms with Gasteiger partial charge < -0.3 is 161 Å². The highest BCUT2D eigenvalue weighted by molar-refractivity contribution is 8.76. The van der Waals surface area contributed by atoms with Crippen LogP contribution >= 0.6 is 21.6 Å². The summed E-state index contributed by atoms with van der Waals surface area (Å²) in [4.78, 5) is 252. The number of nitrogens with two attached hydrogens (primary N) is 1. The molecule has 0 unspecified atom stereocenters. The number of aliphatic carboxylic acids is 4. The zero-order valence-corrected chi connectivity index (χ0v) is 81.0. The molecule has 53 nitrogen and oxygen atoms in total. The minimum absolute atomic E-state index is 0.00294. The first-order valence-electron chi connectivity index (χ1n) is 46.2. The van der Waals surface area contributed by atoms with Crippen LogP contribution in [0.1, 0.15) is 161 Å². The molecule has 2 aromatic carbocycles. The number of carboxylic acids is 4. The topological polar surface area (TPSA) is 917 Å². The smallest absolute Gasteiger partial charge is 0.475 e. The highest BCUT2D eigenvalue weighted by atomic mass is 33.1. The molecular formula is C90H128BN15O38S2. The third kappa shape index (κ3) is 43.5. The molecule has 0 bridgehead atoms. The van der Waals surface area contributed by atoms with E-state index >= 15 is 9.59 Å². The van der Waals surface area contributed by atoms with Crippen molar-refractivity contribution in [1.82, 2.24) is 67.5 Å². The van der Waals surface area contributed by atoms with E-state index in [4.69, 9.17) is 5.73 Å². The number of hydrogen-bond acceptors (Lipinski definition) is 42. The van der Waals surface area contributed by atoms with Crippen molar-refractivity contribution in [3.63, 3.8) is 0 Å². The first-order chi connectivity index (χ1) is 68.9. The lowest BCUT2D eigenvalue weighted by molar-refractivity contribution is -0.142. The number of H-pyrrole nitrogens is 1. The lowest BCUT2D eigenvalue weighted by Gasteiger charge is -2.26. The SMILES string of the molecule is CC(C)C[C@H](NC(=O)[C@@H](CC(=O)c1ccc(CSSC[C@H](NC(=O)[C@H](CCC(=O)NC[C@H](O)[C@@H](O)[C@H](O)[C@H](O)CO)CC(=O)[C@H](CCC(=O)O)NC(=O)[C@H](CCC(=O)NC[C@H](O)[C@@H](O)[C@H](O)[C@H](O)CO)CC(=O)[C@H](CCC(=O)O)NC(=O)[C@H](CCC(=O)NC[C@H](O)[C@@H](O)[C@H](O)[C@H](O)CO)CC(=O)CC[C@H](NC(=O)c2ccc(NCc3cnc4nc(N)[nH]c(=O)c4n3)cc2)C(=O)O)C(=O)O)nc1)Cc1ccccc1)B(O)O. The van der Waals surface area contributed by atoms with Crippen molar-refractivity contribution in [2.24, 2.45) is 29.6 Å². The molecule has 33 N–H and O–H groups in total. The van der Waals surface area contributed by atoms with E-state index in [2.05, 4.69) is 72.8 Å². The molecule has 0 radical (unpaired) electrons. The van der Waals surface area contributed by atoms with Gasteiger partial charge in [0.05, 0.1) is 80.3 Å². The van der Waals surface area contributed by atoms with Gasteiger partial charge in [-0.2, -0.15) is 4.98 Å². The molecule has 21 atom stereocenters. The molecule has 0 aliphatic carbocycles. The van der Waals surface area contributed by atoms with Gasteiger partial charge >= 0.3 is 31.0 Å². The van der Waals surface area contributed by atoms with E-state index in [1.165, 1.54) is 48.8 Å². The van der Waals surface area contributed by atoms with Gasteiger partial charge in [-0.05, 0) is 99.2 Å². The molecule has 806 valence electrons. The number of rotatable bonds is 72. The van der Waals surface area contributed by atoms with Crippen LogP contribution in [-0.2, 0) is 85.8 Å². The molecule has 3 aromatic heterocycles. The molecule has 0 aliphatic heterocycles. The van der Waals surface area contributed by atoms with Crippen molar-refractivity contribution in [3.8, 4) is 0 Å². The largest absolute Gasteiger partial charge is 0.481 e. The van der Waals surface area contributed by atoms with Crippen LogP contribution in [0.2, 0.25) is 0 Å². The Morgan fingerprint density at radius 3 is 1.32 bits per heavy atom. The summed E-state index contributed by atoms with van der Waals surface area (Å²) in [5.74, 6) is -28.1. The maximum Gasteiger partial charge on any atom is 0.475 e. The standard InChI is InChI=1S/C90H128BN15O38S2/c1-43(2)26-68(91(143)144)104-86(137)50(27-44-6-4-3-5-7-44)31-59(111)49-10-16-52(93-32-49)41-145-146-42-58(89(141)142)103-85(136)48(13-23-71(122)97-37-64(116)77(129)80(132)67(119)40-109)30-61(113)56(20-25-73(125)126)101-84(135)47(12-22-70(121)96-36-63(115)76(128)79(131)66(118)39-108)29-60(112)55(19-24-72(123)124)100-83(134)46(11-21-69(120)95-35-62(114)75(127)78(130)65(117)38-107)28-54(110)17-18-57(88(139)140)102-82(133)45-8-14-51(15-9-45)94-33-53-34-98-81-74(99-53)87(138)106-90(92)105-81/h3-10,14-16,32,34,43,46-48,50,55-58,62-68,75-80,94,107-109,114-119,127-132,143-144H,11-13,17-31,33,35-42H2,1-2H3,(H,95,120)(H,96,121)(H,97,122)(H,100,134)(H,101,135)(H,102,133)(H,103,136)(H,104,137)(H,123,124)(H,125,126)(H,139,140)(H,141,142)(H3,92,98,105,106,138)/t46-,47-,48-,50-,55+,56+,57+,58+,62+,63+,64+,65-,66-,67-,68+,75-,76-,77-,78-,79-,80-/m1/s1. The number of carbonyl (C=O) groups excluding carboxylic acids is 12. The minimum atomic E-state index is -2.25. The average molecular weight is 2100 g/mol. The lowest BCUT2D eigenvalue weighted by atomic mass is 9.74. The second-order valence-corrected chi connectivity index (χ2v) is 37.6. The van der Waals surface area contributed by atoms with Gasteiger partial charge in [-0.15, -0.1) is 0 Å². The number of nitrogen functional groups attached to an aromatic ring is 1. The summed E-state index contributed by atoms with van der Waals surface area (Å²) < 4.78 is 0. The van der Waals surface area contributed by atoms with Crippen molar-refractivity contribution in [2.75, 3.05) is 56.3 Å². The normalized spacial score (nSPS) is 15.8. The Balaban J connectivity index is 1.46. The number of aliphatic hydroxyl groups is 15. The molecule has 3 heterocycles. The summed E-state index contributed by atoms with van der Waals surface area (Å²) in [5, 5.41) is 233. The molecular weight excluding hydrogens is 1970 g/mol. The molecule has 0 saturated carbocycles. The molecule has 0 aliphatic rings. The van der Waals surface area contributed by atoms with Crippen LogP contribution in [0.15, 0.2) is 83.9 Å². The molecule has 5 aromatic rings. The number of ketones is 4. The molecule has 0 saturated heterocycles. The van der Waals surface area contributed by atoms with E-state index in [1.54, 1.807) is 30.3 Å². The van der Waals surface area contributed by atoms with E-state index in [0.29, 0.717) is 16.9 Å². The number of amides is 8. The molecule has 0 spiro atoms. The molecule has 0 fully saturated rings. The molecule has 5 rings (SSSR count). The van der Waals surface area contributed by atoms with Gasteiger partial charge in [-0.25, -0.2) is 19.6 Å². The van der Waals surface area contributed by atoms with E-state index in [1.807, 2.05) is 13.8 Å². The Hall–Kier alpha value is -12.2. The maximum atomic E-state index is 15.1. The third-order valence-corrected chi connectivity index (χ3v) is 25.4. The fourth-order valence-electron chi connectivity index (χ4n) is 14.5. The quantitative estimate of drug-likeness (QED) is 0.00744. The number of carboxylic acid groups (broad SMARTS) is 4. The van der Waals surface area contributed by atoms with Crippen molar-refractivity contribution in [3.05, 3.63) is 118 Å². The van der Waals surface area contributed by atoms with Gasteiger partial charge in [0, 0.05) is 142 Å². The van der Waals surface area contributed by atoms with Gasteiger partial charge in [0.25, 0.3) is 11.5 Å². The number of fused-ring (bicyclic) bond motifs is 1. The second-order valence-electron chi connectivity index (χ2n) is 35.1. The van der Waals surface area contributed by atoms with Crippen LogP contribution in [-0.4, -0.2) is 382 Å². The van der Waals surface area contributed by atoms with Gasteiger partial charge in [0.2, 0.25) is 47.3 Å². The van der Waals surface area contributed by atoms with E-state index in [-0.39, 0.29) is 71.4 Å². The van der Waals surface area contributed by atoms with Crippen LogP contribution in [0.25, 0.3) is 11.2 Å². The van der Waals surface area contributed by atoms with Crippen molar-refractivity contribution >= 4 is 146 Å². The number of aromatic amines is 1. The first-order valence-corrected chi connectivity index (χ1v) is 48.7. The van der Waals surface area contributed by atoms with Gasteiger partial charge in [-0.1, -0.05) is 65.8 Å². The molecule has 56 heteroatoms. The van der Waals surface area contributed by atoms with E-state index in [9.17, 15) is 179 Å². The van der Waals surface area contributed by atoms with Crippen LogP contribution in [0.5, 0.6) is 0 Å². The number of pyridine rings is 1. The van der Waals surface area contributed by atoms with Crippen LogP contribution in [0, 0.1) is 29.6 Å². The Labute approximate surface area is 841 Å². The second kappa shape index (κ2) is 63.4. The Kier molecular flexibility index (Phi) is 54.0. The van der Waals surface area contributed by atoms with Crippen LogP contribution in [0.4, 0.5) is 11.6 Å². The summed E-state index contributed by atoms with van der Waals surface area (Å²) in [6.45, 7) is -2.40. The monoisotopic (exact) mass is 2100 g/mol. The zero-order valence-electron chi connectivity index (χ0n) is 79.4. The van der Waals surface area contributed by atoms with Crippen molar-refractivity contribution < 1.29 is 184 Å². The summed E-state index contributed by atoms with van der Waals surface area (Å²) >= 11 is 0. The zero-order chi connectivity index (χ0) is 109. The number of anilines is 2. The maximum absolute atomic E-state index is 15.1. The number of hydrogen-bond donors (Lipinski definition) is 32. The predicted molar refractivity (Wildman–Crippen MR) is 513 cm³/mol. The number of nitrogens with zero attached hydrogens (tertiary/aromatic N) is 4. The highest BCUT2D eigenvalue weighted by Gasteiger charge is 2.40. The Morgan fingerprint density at radius 1 is 0.445 bits per heavy atom. The number of Topliss-reactive ketones (excluding diaryl/α,β-unsaturated/α-hetero) is 4. The van der Waals surface area contributed by atoms with Crippen LogP contribution < -0.4 is 59.1 Å². The summed E-state index contributed by atoms with van der Waals surface area (Å²) in [7, 11) is -0.0402. The van der Waals surface area contributed by atoms with Crippen LogP contribution in [0.3, 0.4) is 0 Å². The number of nitrogens with one attached hydrogen (secondary N) is 10. The first kappa shape index (κ1) is 124. The van der Waals surface area contributed by atoms with Crippen molar-refractivity contribution in [1.29, 1.82) is 0 Å². The molecule has 146 heavy (non-hydrogen) atoms. The summed E-state index contributed by atoms with van der Waals surface area (Å²) in [6.07, 6.45) is -36.4. The average Bonchev–Trinajstić information content (AvgIpc) is 0.806. The number of aliphatic hydroxyl groups excluding tert-OH is 15. The fraction of sp³-hybridized carbons (Fsp3) is 0.567. The van der Waals surface area contributed by atoms with E-state index in [0.717, 1.165) is 21.6 Å². The number of carbonyl (C=O) groups is 16. The predicted octanol–water partition coefficient (Wildman–Crippen LogP) is -8.19. The Bertz CT molecular complexity index is 5200. The number of aromatic nitrogens is 5.